The van der Waals surface area contributed by atoms with Crippen molar-refractivity contribution in [3.8, 4) is 0 Å². The Kier molecular flexibility index (Phi) is 5.82. The lowest BCUT2D eigenvalue weighted by atomic mass is 9.84. The Balaban J connectivity index is 1.86. The molecule has 2 atom stereocenters. The van der Waals surface area contributed by atoms with E-state index in [1.807, 2.05) is 12.2 Å². The molecule has 2 aliphatic heterocycles. The molecule has 138 valence electrons. The Labute approximate surface area is 155 Å². The van der Waals surface area contributed by atoms with E-state index in [9.17, 15) is 4.79 Å². The molecule has 0 amide bonds. The van der Waals surface area contributed by atoms with Gasteiger partial charge in [0.15, 0.2) is 6.61 Å². The van der Waals surface area contributed by atoms with Gasteiger partial charge in [-0.1, -0.05) is 44.2 Å². The van der Waals surface area contributed by atoms with Crippen LogP contribution in [0.25, 0.3) is 0 Å². The van der Waals surface area contributed by atoms with Gasteiger partial charge in [0, 0.05) is 37.2 Å². The highest BCUT2D eigenvalue weighted by Crippen LogP contribution is 2.39. The number of ether oxygens (including phenoxy) is 1. The maximum Gasteiger partial charge on any atom is 0.341 e. The maximum atomic E-state index is 10.8. The van der Waals surface area contributed by atoms with Crippen LogP contribution in [0.2, 0.25) is 0 Å². The number of carboxylic acid groups (broad SMARTS) is 1. The van der Waals surface area contributed by atoms with Crippen LogP contribution in [0.15, 0.2) is 65.7 Å². The summed E-state index contributed by atoms with van der Waals surface area (Å²) in [6.07, 6.45) is 8.75. The molecule has 0 saturated heterocycles. The maximum absolute atomic E-state index is 10.8. The molecule has 0 aliphatic carbocycles. The third-order valence-electron chi connectivity index (χ3n) is 5.29. The molecule has 4 nitrogen and oxygen atoms in total. The molecule has 2 aliphatic rings. The van der Waals surface area contributed by atoms with E-state index in [-0.39, 0.29) is 6.61 Å². The molecule has 2 heterocycles. The predicted octanol–water partition coefficient (Wildman–Crippen LogP) is 4.36. The molecular weight excluding hydrogens is 326 g/mol. The lowest BCUT2D eigenvalue weighted by Gasteiger charge is -2.22. The number of hydrogen-bond donors (Lipinski definition) is 1. The average molecular weight is 353 g/mol. The van der Waals surface area contributed by atoms with Crippen molar-refractivity contribution in [1.29, 1.82) is 0 Å². The van der Waals surface area contributed by atoms with Crippen molar-refractivity contribution in [2.45, 2.75) is 33.1 Å². The average Bonchev–Trinajstić information content (AvgIpc) is 3.00. The van der Waals surface area contributed by atoms with Gasteiger partial charge in [-0.25, -0.2) is 4.79 Å². The van der Waals surface area contributed by atoms with Crippen LogP contribution in [0, 0.1) is 11.8 Å². The fourth-order valence-electron chi connectivity index (χ4n) is 4.02. The number of fused-ring (bicyclic) bond motifs is 2. The highest BCUT2D eigenvalue weighted by Gasteiger charge is 2.33. The van der Waals surface area contributed by atoms with E-state index >= 15 is 0 Å². The summed E-state index contributed by atoms with van der Waals surface area (Å²) in [7, 11) is 0. The van der Waals surface area contributed by atoms with E-state index in [2.05, 4.69) is 55.3 Å². The molecule has 0 radical (unpaired) electrons. The molecule has 0 saturated carbocycles. The van der Waals surface area contributed by atoms with Gasteiger partial charge in [-0.2, -0.15) is 0 Å². The van der Waals surface area contributed by atoms with E-state index in [0.717, 1.165) is 31.6 Å². The topological polar surface area (TPSA) is 49.8 Å². The Bertz CT molecular complexity index is 733. The first-order valence-electron chi connectivity index (χ1n) is 9.33. The third kappa shape index (κ3) is 4.18. The minimum absolute atomic E-state index is 0.281. The number of benzene rings is 1. The van der Waals surface area contributed by atoms with E-state index in [4.69, 9.17) is 9.84 Å². The van der Waals surface area contributed by atoms with Crippen LogP contribution in [0.5, 0.6) is 0 Å². The van der Waals surface area contributed by atoms with Crippen molar-refractivity contribution in [2.24, 2.45) is 11.8 Å². The molecule has 0 spiro atoms. The van der Waals surface area contributed by atoms with Crippen molar-refractivity contribution >= 4 is 5.97 Å². The molecule has 3 rings (SSSR count). The van der Waals surface area contributed by atoms with Gasteiger partial charge in [0.05, 0.1) is 5.76 Å². The number of nitrogens with zero attached hydrogens (tertiary/aromatic N) is 1. The van der Waals surface area contributed by atoms with Gasteiger partial charge in [-0.05, 0) is 35.6 Å². The van der Waals surface area contributed by atoms with Crippen LogP contribution < -0.4 is 0 Å². The first-order valence-corrected chi connectivity index (χ1v) is 9.33. The minimum Gasteiger partial charge on any atom is -0.486 e. The predicted molar refractivity (Wildman–Crippen MR) is 102 cm³/mol. The van der Waals surface area contributed by atoms with Crippen molar-refractivity contribution in [1.82, 2.24) is 4.90 Å². The quantitative estimate of drug-likeness (QED) is 0.825. The molecule has 1 aromatic rings. The molecule has 4 heteroatoms. The molecule has 2 bridgehead atoms. The third-order valence-corrected chi connectivity index (χ3v) is 5.29. The number of carbonyl (C=O) groups is 1. The minimum atomic E-state index is -0.938. The second-order valence-corrected chi connectivity index (χ2v) is 7.09. The second-order valence-electron chi connectivity index (χ2n) is 7.09. The van der Waals surface area contributed by atoms with Gasteiger partial charge in [-0.3, -0.25) is 0 Å². The Morgan fingerprint density at radius 2 is 2.08 bits per heavy atom. The Morgan fingerprint density at radius 3 is 2.77 bits per heavy atom. The molecule has 2 unspecified atom stereocenters. The monoisotopic (exact) mass is 353 g/mol. The Morgan fingerprint density at radius 1 is 1.31 bits per heavy atom. The van der Waals surface area contributed by atoms with Gasteiger partial charge in [0.1, 0.15) is 0 Å². The van der Waals surface area contributed by atoms with Gasteiger partial charge >= 0.3 is 5.97 Å². The first-order chi connectivity index (χ1) is 12.6. The number of allylic oxidation sites excluding steroid dienone is 4. The lowest BCUT2D eigenvalue weighted by molar-refractivity contribution is -0.140. The van der Waals surface area contributed by atoms with Crippen LogP contribution in [0.1, 0.15) is 32.3 Å². The summed E-state index contributed by atoms with van der Waals surface area (Å²) in [5, 5.41) is 8.87. The van der Waals surface area contributed by atoms with Gasteiger partial charge < -0.3 is 14.7 Å². The summed E-state index contributed by atoms with van der Waals surface area (Å²) in [4.78, 5) is 13.2. The number of carboxylic acids is 1. The van der Waals surface area contributed by atoms with Crippen molar-refractivity contribution in [3.63, 3.8) is 0 Å². The SMILES string of the molecule is CCC1=C(Cc2ccccc2)N2/C=C\C=C(\OCC(=O)O)CC(C)C1C2. The smallest absolute Gasteiger partial charge is 0.341 e. The fourth-order valence-corrected chi connectivity index (χ4v) is 4.02. The van der Waals surface area contributed by atoms with Crippen LogP contribution in [-0.4, -0.2) is 29.1 Å². The van der Waals surface area contributed by atoms with Crippen molar-refractivity contribution in [2.75, 3.05) is 13.2 Å². The van der Waals surface area contributed by atoms with Gasteiger partial charge in [0.2, 0.25) is 0 Å². The van der Waals surface area contributed by atoms with Crippen molar-refractivity contribution < 1.29 is 14.6 Å². The molecule has 1 N–H and O–H groups in total. The van der Waals surface area contributed by atoms with E-state index in [0.29, 0.717) is 11.8 Å². The van der Waals surface area contributed by atoms with E-state index in [1.54, 1.807) is 0 Å². The number of aliphatic carboxylic acids is 1. The molecule has 26 heavy (non-hydrogen) atoms. The molecule has 0 fully saturated rings. The van der Waals surface area contributed by atoms with E-state index in [1.165, 1.54) is 16.8 Å². The van der Waals surface area contributed by atoms with Gasteiger partial charge in [-0.15, -0.1) is 0 Å². The largest absolute Gasteiger partial charge is 0.486 e. The lowest BCUT2D eigenvalue weighted by Crippen LogP contribution is -2.21. The molecule has 1 aromatic carbocycles. The zero-order valence-electron chi connectivity index (χ0n) is 15.5. The summed E-state index contributed by atoms with van der Waals surface area (Å²) < 4.78 is 5.48. The second kappa shape index (κ2) is 8.26. The van der Waals surface area contributed by atoms with Crippen LogP contribution in [0.4, 0.5) is 0 Å². The molecular formula is C22H27NO3. The zero-order valence-corrected chi connectivity index (χ0v) is 15.5. The normalized spacial score (nSPS) is 25.8. The molecule has 0 aromatic heterocycles. The number of rotatable bonds is 6. The van der Waals surface area contributed by atoms with Crippen molar-refractivity contribution in [3.05, 3.63) is 71.3 Å². The van der Waals surface area contributed by atoms with Crippen LogP contribution in [-0.2, 0) is 16.0 Å². The summed E-state index contributed by atoms with van der Waals surface area (Å²) >= 11 is 0. The highest BCUT2D eigenvalue weighted by molar-refractivity contribution is 5.68. The highest BCUT2D eigenvalue weighted by atomic mass is 16.5. The first kappa shape index (κ1) is 18.3. The fraction of sp³-hybridized carbons (Fsp3) is 0.409. The Hall–Kier alpha value is -2.49. The van der Waals surface area contributed by atoms with Gasteiger partial charge in [0.25, 0.3) is 0 Å². The standard InChI is InChI=1S/C22H27NO3/c1-3-19-20-14-23(21(19)13-17-8-5-4-6-9-17)11-7-10-18(12-16(20)2)26-15-22(24)25/h4-11,16,20H,3,12-15H2,1-2H3,(H,24,25)/b11-7-,18-10+. The zero-order chi connectivity index (χ0) is 18.5. The summed E-state index contributed by atoms with van der Waals surface area (Å²) in [5.74, 6) is 0.691. The summed E-state index contributed by atoms with van der Waals surface area (Å²) in [5.41, 5.74) is 4.26. The van der Waals surface area contributed by atoms with Crippen LogP contribution >= 0.6 is 0 Å². The van der Waals surface area contributed by atoms with E-state index < -0.39 is 5.97 Å². The number of hydrogen-bond acceptors (Lipinski definition) is 3. The summed E-state index contributed by atoms with van der Waals surface area (Å²) in [6, 6.07) is 10.6. The van der Waals surface area contributed by atoms with Crippen LogP contribution in [0.3, 0.4) is 0 Å². The summed E-state index contributed by atoms with van der Waals surface area (Å²) in [6.45, 7) is 5.18.